The summed E-state index contributed by atoms with van der Waals surface area (Å²) in [5, 5.41) is 4.28. The second kappa shape index (κ2) is 7.56. The molecule has 0 aliphatic carbocycles. The molecule has 1 aromatic heterocycles. The summed E-state index contributed by atoms with van der Waals surface area (Å²) in [5.41, 5.74) is 6.59. The van der Waals surface area contributed by atoms with Gasteiger partial charge in [0.15, 0.2) is 0 Å². The van der Waals surface area contributed by atoms with Crippen LogP contribution in [0.3, 0.4) is 0 Å². The van der Waals surface area contributed by atoms with Gasteiger partial charge >= 0.3 is 0 Å². The summed E-state index contributed by atoms with van der Waals surface area (Å²) in [5.74, 6) is 0. The van der Waals surface area contributed by atoms with Gasteiger partial charge in [0, 0.05) is 38.9 Å². The Labute approximate surface area is 125 Å². The Balaban J connectivity index is 1.94. The molecular weight excluding hydrogens is 268 g/mol. The molecule has 0 bridgehead atoms. The van der Waals surface area contributed by atoms with Gasteiger partial charge in [-0.05, 0) is 32.6 Å². The largest absolute Gasteiger partial charge is 0.381 e. The third-order valence-corrected chi connectivity index (χ3v) is 4.02. The second-order valence-corrected chi connectivity index (χ2v) is 5.82. The maximum atomic E-state index is 12.1. The molecule has 1 unspecified atom stereocenters. The van der Waals surface area contributed by atoms with Gasteiger partial charge < -0.3 is 15.4 Å². The van der Waals surface area contributed by atoms with Crippen LogP contribution < -0.4 is 16.2 Å². The van der Waals surface area contributed by atoms with Crippen molar-refractivity contribution in [3.8, 4) is 0 Å². The highest BCUT2D eigenvalue weighted by atomic mass is 16.5. The number of methoxy groups -OCH3 is 1. The fourth-order valence-electron chi connectivity index (χ4n) is 2.68. The summed E-state index contributed by atoms with van der Waals surface area (Å²) < 4.78 is 6.88. The van der Waals surface area contributed by atoms with E-state index >= 15 is 0 Å². The van der Waals surface area contributed by atoms with Crippen LogP contribution in [0.1, 0.15) is 32.6 Å². The van der Waals surface area contributed by atoms with Crippen molar-refractivity contribution in [2.75, 3.05) is 25.1 Å². The van der Waals surface area contributed by atoms with Gasteiger partial charge in [-0.15, -0.1) is 0 Å². The van der Waals surface area contributed by atoms with Crippen molar-refractivity contribution in [1.82, 2.24) is 9.78 Å². The number of hydrogen-bond donors (Lipinski definition) is 1. The monoisotopic (exact) mass is 294 g/mol. The number of aryl methyl sites for hydroxylation is 1. The van der Waals surface area contributed by atoms with Crippen molar-refractivity contribution < 1.29 is 4.74 Å². The zero-order valence-electron chi connectivity index (χ0n) is 13.0. The van der Waals surface area contributed by atoms with Gasteiger partial charge in [-0.3, -0.25) is 4.79 Å². The Morgan fingerprint density at radius 3 is 2.76 bits per heavy atom. The standard InChI is InChI=1S/C15H26N4O2/c1-12(16)4-3-7-19-15(20)10-13(11-17-19)18-8-5-14(21-2)6-9-18/h10-12,14H,3-9,16H2,1-2H3. The average Bonchev–Trinajstić information content (AvgIpc) is 2.48. The molecular formula is C15H26N4O2. The maximum Gasteiger partial charge on any atom is 0.268 e. The maximum absolute atomic E-state index is 12.1. The molecule has 0 amide bonds. The fraction of sp³-hybridized carbons (Fsp3) is 0.733. The molecule has 6 nitrogen and oxygen atoms in total. The molecule has 1 aliphatic heterocycles. The summed E-state index contributed by atoms with van der Waals surface area (Å²) >= 11 is 0. The van der Waals surface area contributed by atoms with Crippen molar-refractivity contribution in [2.24, 2.45) is 5.73 Å². The highest BCUT2D eigenvalue weighted by Crippen LogP contribution is 2.18. The molecule has 1 fully saturated rings. The molecule has 2 N–H and O–H groups in total. The molecule has 1 saturated heterocycles. The molecule has 1 aromatic rings. The number of aromatic nitrogens is 2. The third-order valence-electron chi connectivity index (χ3n) is 4.02. The quantitative estimate of drug-likeness (QED) is 0.847. The lowest BCUT2D eigenvalue weighted by Gasteiger charge is -2.32. The van der Waals surface area contributed by atoms with Gasteiger partial charge in [-0.1, -0.05) is 0 Å². The van der Waals surface area contributed by atoms with Crippen LogP contribution in [0.4, 0.5) is 5.69 Å². The first-order chi connectivity index (χ1) is 10.1. The van der Waals surface area contributed by atoms with Crippen LogP contribution in [0.2, 0.25) is 0 Å². The Hall–Kier alpha value is -1.40. The molecule has 1 atom stereocenters. The summed E-state index contributed by atoms with van der Waals surface area (Å²) in [6.07, 6.45) is 5.90. The van der Waals surface area contributed by atoms with Crippen molar-refractivity contribution >= 4 is 5.69 Å². The van der Waals surface area contributed by atoms with E-state index in [4.69, 9.17) is 10.5 Å². The molecule has 0 saturated carbocycles. The minimum atomic E-state index is -0.0361. The first-order valence-corrected chi connectivity index (χ1v) is 7.70. The zero-order chi connectivity index (χ0) is 15.2. The fourth-order valence-corrected chi connectivity index (χ4v) is 2.68. The molecule has 2 heterocycles. The van der Waals surface area contributed by atoms with Crippen molar-refractivity contribution in [1.29, 1.82) is 0 Å². The van der Waals surface area contributed by atoms with Gasteiger partial charge in [0.25, 0.3) is 5.56 Å². The number of rotatable bonds is 6. The molecule has 6 heteroatoms. The van der Waals surface area contributed by atoms with E-state index in [1.807, 2.05) is 6.92 Å². The molecule has 0 spiro atoms. The Bertz CT molecular complexity index is 493. The zero-order valence-corrected chi connectivity index (χ0v) is 13.0. The van der Waals surface area contributed by atoms with Gasteiger partial charge in [-0.2, -0.15) is 5.10 Å². The van der Waals surface area contributed by atoms with Gasteiger partial charge in [-0.25, -0.2) is 4.68 Å². The normalized spacial score (nSPS) is 18.0. The summed E-state index contributed by atoms with van der Waals surface area (Å²) in [6, 6.07) is 1.86. The van der Waals surface area contributed by atoms with Gasteiger partial charge in [0.1, 0.15) is 0 Å². The minimum Gasteiger partial charge on any atom is -0.381 e. The van der Waals surface area contributed by atoms with E-state index in [0.29, 0.717) is 12.6 Å². The van der Waals surface area contributed by atoms with Gasteiger partial charge in [0.05, 0.1) is 18.0 Å². The van der Waals surface area contributed by atoms with Crippen molar-refractivity contribution in [2.45, 2.75) is 51.3 Å². The average molecular weight is 294 g/mol. The van der Waals surface area contributed by atoms with E-state index in [2.05, 4.69) is 10.00 Å². The van der Waals surface area contributed by atoms with Crippen molar-refractivity contribution in [3.63, 3.8) is 0 Å². The number of hydrogen-bond acceptors (Lipinski definition) is 5. The van der Waals surface area contributed by atoms with Crippen LogP contribution in [0.5, 0.6) is 0 Å². The van der Waals surface area contributed by atoms with E-state index in [-0.39, 0.29) is 11.6 Å². The lowest BCUT2D eigenvalue weighted by molar-refractivity contribution is 0.0819. The van der Waals surface area contributed by atoms with Crippen molar-refractivity contribution in [3.05, 3.63) is 22.6 Å². The van der Waals surface area contributed by atoms with Crippen LogP contribution in [-0.4, -0.2) is 42.1 Å². The first-order valence-electron chi connectivity index (χ1n) is 7.70. The number of ether oxygens (including phenoxy) is 1. The van der Waals surface area contributed by atoms with Crippen LogP contribution in [-0.2, 0) is 11.3 Å². The van der Waals surface area contributed by atoms with Gasteiger partial charge in [0.2, 0.25) is 0 Å². The Kier molecular flexibility index (Phi) is 5.76. The molecule has 1 aliphatic rings. The Morgan fingerprint density at radius 1 is 1.48 bits per heavy atom. The minimum absolute atomic E-state index is 0.0361. The molecule has 2 rings (SSSR count). The summed E-state index contributed by atoms with van der Waals surface area (Å²) in [7, 11) is 1.76. The van der Waals surface area contributed by atoms with E-state index in [1.165, 1.54) is 4.68 Å². The summed E-state index contributed by atoms with van der Waals surface area (Å²) in [4.78, 5) is 14.3. The number of nitrogens with two attached hydrogens (primary N) is 1. The SMILES string of the molecule is COC1CCN(c2cnn(CCCC(C)N)c(=O)c2)CC1. The van der Waals surface area contributed by atoms with Crippen LogP contribution in [0.15, 0.2) is 17.1 Å². The highest BCUT2D eigenvalue weighted by molar-refractivity contribution is 5.43. The predicted molar refractivity (Wildman–Crippen MR) is 83.6 cm³/mol. The third kappa shape index (κ3) is 4.54. The topological polar surface area (TPSA) is 73.4 Å². The lowest BCUT2D eigenvalue weighted by Crippen LogP contribution is -2.37. The molecule has 21 heavy (non-hydrogen) atoms. The van der Waals surface area contributed by atoms with E-state index in [9.17, 15) is 4.79 Å². The number of piperidine rings is 1. The van der Waals surface area contributed by atoms with E-state index < -0.39 is 0 Å². The highest BCUT2D eigenvalue weighted by Gasteiger charge is 2.19. The predicted octanol–water partition coefficient (Wildman–Crippen LogP) is 0.986. The second-order valence-electron chi connectivity index (χ2n) is 5.82. The molecule has 0 radical (unpaired) electrons. The summed E-state index contributed by atoms with van der Waals surface area (Å²) in [6.45, 7) is 4.43. The van der Waals surface area contributed by atoms with Crippen LogP contribution in [0.25, 0.3) is 0 Å². The number of nitrogens with zero attached hydrogens (tertiary/aromatic N) is 3. The smallest absolute Gasteiger partial charge is 0.268 e. The molecule has 0 aromatic carbocycles. The lowest BCUT2D eigenvalue weighted by atomic mass is 10.1. The number of anilines is 1. The first kappa shape index (κ1) is 16.0. The molecule has 118 valence electrons. The van der Waals surface area contributed by atoms with Crippen LogP contribution >= 0.6 is 0 Å². The van der Waals surface area contributed by atoms with E-state index in [0.717, 1.165) is 44.5 Å². The Morgan fingerprint density at radius 2 is 2.19 bits per heavy atom. The van der Waals surface area contributed by atoms with E-state index in [1.54, 1.807) is 19.4 Å². The van der Waals surface area contributed by atoms with Crippen LogP contribution in [0, 0.1) is 0 Å².